The van der Waals surface area contributed by atoms with Gasteiger partial charge < -0.3 is 34.1 Å². The van der Waals surface area contributed by atoms with E-state index in [4.69, 9.17) is 24.2 Å². The Bertz CT molecular complexity index is 1160. The number of benzene rings is 1. The van der Waals surface area contributed by atoms with Gasteiger partial charge in [0.1, 0.15) is 12.1 Å². The van der Waals surface area contributed by atoms with Crippen molar-refractivity contribution >= 4 is 17.6 Å². The molecule has 10 heteroatoms. The molecule has 1 aliphatic carbocycles. The summed E-state index contributed by atoms with van der Waals surface area (Å²) in [7, 11) is 4.76. The van der Waals surface area contributed by atoms with Crippen LogP contribution in [0.15, 0.2) is 24.7 Å². The average molecular weight is 467 g/mol. The summed E-state index contributed by atoms with van der Waals surface area (Å²) in [5.41, 5.74) is 3.11. The standard InChI is InChI=1S/C24H30N6O4/c1-32-19-10-16(11-20(33-2)22(19)34-3)29-12-21(25-14-29)27-24-26-18-8-4-7-17(18)23(28-24)30-9-5-6-15(30)13-31/h10-12,14-15,31H,4-9,13H2,1-3H3,(H,26,27,28). The Balaban J connectivity index is 1.44. The van der Waals surface area contributed by atoms with E-state index in [2.05, 4.69) is 15.2 Å². The van der Waals surface area contributed by atoms with Crippen LogP contribution in [0.25, 0.3) is 5.69 Å². The lowest BCUT2D eigenvalue weighted by Crippen LogP contribution is -2.33. The van der Waals surface area contributed by atoms with Gasteiger partial charge in [-0.15, -0.1) is 0 Å². The largest absolute Gasteiger partial charge is 0.493 e. The predicted molar refractivity (Wildman–Crippen MR) is 128 cm³/mol. The highest BCUT2D eigenvalue weighted by Crippen LogP contribution is 2.39. The molecule has 2 aromatic heterocycles. The summed E-state index contributed by atoms with van der Waals surface area (Å²) in [6, 6.07) is 3.84. The third-order valence-electron chi connectivity index (χ3n) is 6.54. The number of anilines is 3. The molecule has 10 nitrogen and oxygen atoms in total. The molecule has 0 saturated carbocycles. The molecule has 1 fully saturated rings. The number of ether oxygens (including phenoxy) is 3. The Morgan fingerprint density at radius 3 is 2.56 bits per heavy atom. The minimum absolute atomic E-state index is 0.117. The van der Waals surface area contributed by atoms with Crippen LogP contribution in [0.5, 0.6) is 17.2 Å². The normalized spacial score (nSPS) is 17.1. The van der Waals surface area contributed by atoms with Crippen molar-refractivity contribution in [2.24, 2.45) is 0 Å². The fourth-order valence-electron chi connectivity index (χ4n) is 4.87. The second-order valence-corrected chi connectivity index (χ2v) is 8.50. The van der Waals surface area contributed by atoms with Crippen LogP contribution in [0.4, 0.5) is 17.6 Å². The van der Waals surface area contributed by atoms with Crippen LogP contribution in [-0.4, -0.2) is 65.1 Å². The quantitative estimate of drug-likeness (QED) is 0.518. The molecule has 1 aromatic carbocycles. The Labute approximate surface area is 198 Å². The molecule has 180 valence electrons. The number of hydrogen-bond donors (Lipinski definition) is 2. The lowest BCUT2D eigenvalue weighted by molar-refractivity contribution is 0.266. The number of aromatic nitrogens is 4. The van der Waals surface area contributed by atoms with Gasteiger partial charge in [0.2, 0.25) is 11.7 Å². The van der Waals surface area contributed by atoms with Crippen LogP contribution in [0.3, 0.4) is 0 Å². The van der Waals surface area contributed by atoms with Crippen molar-refractivity contribution in [3.63, 3.8) is 0 Å². The molecule has 1 saturated heterocycles. The van der Waals surface area contributed by atoms with Crippen LogP contribution in [0.2, 0.25) is 0 Å². The Morgan fingerprint density at radius 2 is 1.85 bits per heavy atom. The second kappa shape index (κ2) is 9.38. The first-order valence-electron chi connectivity index (χ1n) is 11.5. The molecule has 0 radical (unpaired) electrons. The number of fused-ring (bicyclic) bond motifs is 1. The number of hydrogen-bond acceptors (Lipinski definition) is 9. The molecule has 3 heterocycles. The zero-order valence-electron chi connectivity index (χ0n) is 19.7. The molecule has 0 spiro atoms. The minimum Gasteiger partial charge on any atom is -0.493 e. The van der Waals surface area contributed by atoms with Crippen LogP contribution >= 0.6 is 0 Å². The molecule has 1 atom stereocenters. The summed E-state index contributed by atoms with van der Waals surface area (Å²) in [6.07, 6.45) is 8.62. The van der Waals surface area contributed by atoms with Gasteiger partial charge in [0.25, 0.3) is 0 Å². The van der Waals surface area contributed by atoms with Crippen molar-refractivity contribution in [3.05, 3.63) is 35.9 Å². The Morgan fingerprint density at radius 1 is 1.06 bits per heavy atom. The number of imidazole rings is 1. The Kier molecular flexibility index (Phi) is 6.14. The molecule has 3 aromatic rings. The maximum Gasteiger partial charge on any atom is 0.230 e. The summed E-state index contributed by atoms with van der Waals surface area (Å²) in [4.78, 5) is 16.4. The lowest BCUT2D eigenvalue weighted by Gasteiger charge is -2.26. The van der Waals surface area contributed by atoms with E-state index in [1.54, 1.807) is 27.7 Å². The third kappa shape index (κ3) is 3.98. The fourth-order valence-corrected chi connectivity index (χ4v) is 4.87. The Hall–Kier alpha value is -3.53. The first-order chi connectivity index (χ1) is 16.6. The highest BCUT2D eigenvalue weighted by atomic mass is 16.5. The first-order valence-corrected chi connectivity index (χ1v) is 11.5. The molecule has 1 unspecified atom stereocenters. The minimum atomic E-state index is 0.117. The van der Waals surface area contributed by atoms with E-state index in [1.165, 1.54) is 5.56 Å². The summed E-state index contributed by atoms with van der Waals surface area (Å²) < 4.78 is 18.2. The highest BCUT2D eigenvalue weighted by molar-refractivity contribution is 5.60. The zero-order chi connectivity index (χ0) is 23.7. The van der Waals surface area contributed by atoms with Gasteiger partial charge in [0.15, 0.2) is 17.3 Å². The van der Waals surface area contributed by atoms with Gasteiger partial charge in [-0.3, -0.25) is 0 Å². The second-order valence-electron chi connectivity index (χ2n) is 8.50. The number of nitrogens with one attached hydrogen (secondary N) is 1. The van der Waals surface area contributed by atoms with Crippen molar-refractivity contribution in [2.45, 2.75) is 38.1 Å². The van der Waals surface area contributed by atoms with E-state index in [9.17, 15) is 5.11 Å². The van der Waals surface area contributed by atoms with Gasteiger partial charge in [0.05, 0.1) is 51.6 Å². The molecular formula is C24H30N6O4. The maximum atomic E-state index is 9.83. The van der Waals surface area contributed by atoms with E-state index < -0.39 is 0 Å². The average Bonchev–Trinajstić information content (AvgIpc) is 3.63. The molecule has 2 aliphatic rings. The maximum absolute atomic E-state index is 9.83. The molecular weight excluding hydrogens is 436 g/mol. The SMILES string of the molecule is COc1cc(-n2cnc(Nc3nc4c(c(N5CCCC5CO)n3)CCC4)c2)cc(OC)c1OC. The van der Waals surface area contributed by atoms with Gasteiger partial charge in [0, 0.05) is 24.2 Å². The van der Waals surface area contributed by atoms with Crippen LogP contribution < -0.4 is 24.4 Å². The van der Waals surface area contributed by atoms with Crippen LogP contribution in [-0.2, 0) is 12.8 Å². The van der Waals surface area contributed by atoms with Crippen LogP contribution in [0, 0.1) is 0 Å². The number of nitrogens with zero attached hydrogens (tertiary/aromatic N) is 5. The monoisotopic (exact) mass is 466 g/mol. The smallest absolute Gasteiger partial charge is 0.230 e. The van der Waals surface area contributed by atoms with Crippen molar-refractivity contribution in [2.75, 3.05) is 44.7 Å². The molecule has 2 N–H and O–H groups in total. The molecule has 1 aliphatic heterocycles. The van der Waals surface area contributed by atoms with E-state index in [0.717, 1.165) is 55.8 Å². The number of aliphatic hydroxyl groups is 1. The fraction of sp³-hybridized carbons (Fsp3) is 0.458. The van der Waals surface area contributed by atoms with E-state index in [1.807, 2.05) is 22.9 Å². The topological polar surface area (TPSA) is 107 Å². The van der Waals surface area contributed by atoms with Crippen molar-refractivity contribution in [1.82, 2.24) is 19.5 Å². The van der Waals surface area contributed by atoms with E-state index >= 15 is 0 Å². The van der Waals surface area contributed by atoms with Gasteiger partial charge in [-0.1, -0.05) is 0 Å². The van der Waals surface area contributed by atoms with Gasteiger partial charge in [-0.2, -0.15) is 4.98 Å². The summed E-state index contributed by atoms with van der Waals surface area (Å²) in [5, 5.41) is 13.1. The van der Waals surface area contributed by atoms with Crippen molar-refractivity contribution in [1.29, 1.82) is 0 Å². The van der Waals surface area contributed by atoms with Crippen molar-refractivity contribution < 1.29 is 19.3 Å². The zero-order valence-corrected chi connectivity index (χ0v) is 19.7. The van der Waals surface area contributed by atoms with Gasteiger partial charge >= 0.3 is 0 Å². The highest BCUT2D eigenvalue weighted by Gasteiger charge is 2.30. The summed E-state index contributed by atoms with van der Waals surface area (Å²) in [5.74, 6) is 3.76. The molecule has 0 bridgehead atoms. The third-order valence-corrected chi connectivity index (χ3v) is 6.54. The number of aryl methyl sites for hydroxylation is 1. The van der Waals surface area contributed by atoms with Gasteiger partial charge in [-0.05, 0) is 32.1 Å². The van der Waals surface area contributed by atoms with Gasteiger partial charge in [-0.25, -0.2) is 9.97 Å². The number of rotatable bonds is 8. The predicted octanol–water partition coefficient (Wildman–Crippen LogP) is 2.88. The first kappa shape index (κ1) is 22.3. The number of aliphatic hydroxyl groups excluding tert-OH is 1. The van der Waals surface area contributed by atoms with Crippen molar-refractivity contribution in [3.8, 4) is 22.9 Å². The summed E-state index contributed by atoms with van der Waals surface area (Å²) >= 11 is 0. The molecule has 34 heavy (non-hydrogen) atoms. The summed E-state index contributed by atoms with van der Waals surface area (Å²) in [6.45, 7) is 1.05. The molecule has 0 amide bonds. The lowest BCUT2D eigenvalue weighted by atomic mass is 10.2. The number of methoxy groups -OCH3 is 3. The van der Waals surface area contributed by atoms with E-state index in [-0.39, 0.29) is 12.6 Å². The molecule has 5 rings (SSSR count). The van der Waals surface area contributed by atoms with E-state index in [0.29, 0.717) is 29.0 Å². The van der Waals surface area contributed by atoms with Crippen LogP contribution in [0.1, 0.15) is 30.5 Å².